The first-order valence-electron chi connectivity index (χ1n) is 5.81. The van der Waals surface area contributed by atoms with Gasteiger partial charge in [-0.1, -0.05) is 25.4 Å². The molecule has 4 heteroatoms. The highest BCUT2D eigenvalue weighted by Gasteiger charge is 2.10. The van der Waals surface area contributed by atoms with Crippen LogP contribution in [0.15, 0.2) is 12.1 Å². The van der Waals surface area contributed by atoms with E-state index in [4.69, 9.17) is 21.1 Å². The van der Waals surface area contributed by atoms with Gasteiger partial charge in [0.1, 0.15) is 0 Å². The molecule has 0 atom stereocenters. The molecule has 0 aromatic heterocycles. The molecule has 0 aliphatic carbocycles. The molecule has 0 saturated carbocycles. The van der Waals surface area contributed by atoms with E-state index in [9.17, 15) is 0 Å². The Kier molecular flexibility index (Phi) is 5.59. The van der Waals surface area contributed by atoms with Gasteiger partial charge in [0.15, 0.2) is 11.5 Å². The lowest BCUT2D eigenvalue weighted by Crippen LogP contribution is -2.22. The fourth-order valence-electron chi connectivity index (χ4n) is 1.45. The maximum absolute atomic E-state index is 6.19. The predicted octanol–water partition coefficient (Wildman–Crippen LogP) is 3.25. The summed E-state index contributed by atoms with van der Waals surface area (Å²) in [5, 5.41) is 4.02. The molecule has 0 fully saturated rings. The van der Waals surface area contributed by atoms with Crippen molar-refractivity contribution in [3.63, 3.8) is 0 Å². The first-order chi connectivity index (χ1) is 8.08. The Bertz CT molecular complexity index is 367. The minimum Gasteiger partial charge on any atom is -0.493 e. The fourth-order valence-corrected chi connectivity index (χ4v) is 1.68. The summed E-state index contributed by atoms with van der Waals surface area (Å²) in [5.74, 6) is 1.41. The summed E-state index contributed by atoms with van der Waals surface area (Å²) in [6, 6.07) is 4.15. The van der Waals surface area contributed by atoms with Gasteiger partial charge in [-0.15, -0.1) is 0 Å². The van der Waals surface area contributed by atoms with Gasteiger partial charge < -0.3 is 14.8 Å². The Labute approximate surface area is 108 Å². The molecular formula is C13H20ClNO2. The zero-order chi connectivity index (χ0) is 12.8. The predicted molar refractivity (Wildman–Crippen MR) is 71.1 cm³/mol. The van der Waals surface area contributed by atoms with Gasteiger partial charge in [-0.25, -0.2) is 0 Å². The Morgan fingerprint density at radius 3 is 2.53 bits per heavy atom. The van der Waals surface area contributed by atoms with E-state index in [-0.39, 0.29) is 0 Å². The van der Waals surface area contributed by atoms with Gasteiger partial charge in [-0.3, -0.25) is 0 Å². The molecule has 0 spiro atoms. The topological polar surface area (TPSA) is 30.5 Å². The summed E-state index contributed by atoms with van der Waals surface area (Å²) in [6.45, 7) is 7.47. The number of halogens is 1. The van der Waals surface area contributed by atoms with E-state index in [1.54, 1.807) is 13.2 Å². The number of nitrogens with one attached hydrogen (secondary N) is 1. The fraction of sp³-hybridized carbons (Fsp3) is 0.538. The number of hydrogen-bond donors (Lipinski definition) is 1. The molecule has 3 nitrogen and oxygen atoms in total. The minimum atomic E-state index is 0.420. The van der Waals surface area contributed by atoms with Crippen LogP contribution in [0, 0.1) is 0 Å². The quantitative estimate of drug-likeness (QED) is 0.849. The maximum Gasteiger partial charge on any atom is 0.162 e. The summed E-state index contributed by atoms with van der Waals surface area (Å²) in [4.78, 5) is 0. The molecule has 1 aromatic carbocycles. The van der Waals surface area contributed by atoms with Crippen molar-refractivity contribution in [3.05, 3.63) is 22.7 Å². The largest absolute Gasteiger partial charge is 0.493 e. The van der Waals surface area contributed by atoms with Crippen LogP contribution in [0.25, 0.3) is 0 Å². The molecule has 1 N–H and O–H groups in total. The average Bonchev–Trinajstić information content (AvgIpc) is 2.29. The zero-order valence-corrected chi connectivity index (χ0v) is 11.6. The lowest BCUT2D eigenvalue weighted by molar-refractivity contribution is 0.310. The third-order valence-corrected chi connectivity index (χ3v) is 2.69. The molecule has 0 unspecified atom stereocenters. The van der Waals surface area contributed by atoms with Gasteiger partial charge >= 0.3 is 0 Å². The summed E-state index contributed by atoms with van der Waals surface area (Å²) in [6.07, 6.45) is 0. The number of ether oxygens (including phenoxy) is 2. The van der Waals surface area contributed by atoms with Crippen LogP contribution in [0.5, 0.6) is 11.5 Å². The van der Waals surface area contributed by atoms with Crippen LogP contribution in [0.3, 0.4) is 0 Å². The maximum atomic E-state index is 6.19. The molecule has 0 heterocycles. The Balaban J connectivity index is 2.93. The van der Waals surface area contributed by atoms with Crippen molar-refractivity contribution in [2.24, 2.45) is 0 Å². The third kappa shape index (κ3) is 4.10. The number of benzene rings is 1. The van der Waals surface area contributed by atoms with Crippen molar-refractivity contribution in [1.29, 1.82) is 0 Å². The van der Waals surface area contributed by atoms with Crippen molar-refractivity contribution in [3.8, 4) is 11.5 Å². The molecule has 96 valence electrons. The second-order valence-electron chi connectivity index (χ2n) is 4.06. The second-order valence-corrected chi connectivity index (χ2v) is 4.47. The highest BCUT2D eigenvalue weighted by Crippen LogP contribution is 2.33. The Morgan fingerprint density at radius 1 is 1.29 bits per heavy atom. The summed E-state index contributed by atoms with van der Waals surface area (Å²) in [7, 11) is 1.61. The molecule has 1 aromatic rings. The van der Waals surface area contributed by atoms with Crippen molar-refractivity contribution in [1.82, 2.24) is 5.32 Å². The van der Waals surface area contributed by atoms with Gasteiger partial charge in [0.05, 0.1) is 13.7 Å². The molecule has 0 radical (unpaired) electrons. The standard InChI is InChI=1S/C13H20ClNO2/c1-5-17-13-6-10(8-15-9(2)3)11(14)7-12(13)16-4/h6-7,9,15H,5,8H2,1-4H3. The van der Waals surface area contributed by atoms with Gasteiger partial charge in [-0.2, -0.15) is 0 Å². The van der Waals surface area contributed by atoms with Crippen LogP contribution in [0.2, 0.25) is 5.02 Å². The van der Waals surface area contributed by atoms with Gasteiger partial charge in [-0.05, 0) is 18.6 Å². The normalized spacial score (nSPS) is 10.7. The summed E-state index contributed by atoms with van der Waals surface area (Å²) >= 11 is 6.19. The lowest BCUT2D eigenvalue weighted by atomic mass is 10.2. The minimum absolute atomic E-state index is 0.420. The monoisotopic (exact) mass is 257 g/mol. The lowest BCUT2D eigenvalue weighted by Gasteiger charge is -2.14. The average molecular weight is 258 g/mol. The van der Waals surface area contributed by atoms with E-state index in [0.717, 1.165) is 17.9 Å². The molecule has 0 bridgehead atoms. The van der Waals surface area contributed by atoms with E-state index in [2.05, 4.69) is 19.2 Å². The van der Waals surface area contributed by atoms with Gasteiger partial charge in [0.25, 0.3) is 0 Å². The van der Waals surface area contributed by atoms with Gasteiger partial charge in [0.2, 0.25) is 0 Å². The van der Waals surface area contributed by atoms with Crippen LogP contribution >= 0.6 is 11.6 Å². The third-order valence-electron chi connectivity index (χ3n) is 2.33. The Morgan fingerprint density at radius 2 is 2.00 bits per heavy atom. The van der Waals surface area contributed by atoms with Crippen molar-refractivity contribution in [2.45, 2.75) is 33.4 Å². The van der Waals surface area contributed by atoms with E-state index in [0.29, 0.717) is 23.4 Å². The highest BCUT2D eigenvalue weighted by atomic mass is 35.5. The van der Waals surface area contributed by atoms with Crippen LogP contribution in [-0.2, 0) is 6.54 Å². The number of methoxy groups -OCH3 is 1. The molecule has 0 aliphatic heterocycles. The molecule has 0 aliphatic rings. The second kappa shape index (κ2) is 6.72. The molecular weight excluding hydrogens is 238 g/mol. The van der Waals surface area contributed by atoms with Crippen LogP contribution in [-0.4, -0.2) is 19.8 Å². The summed E-state index contributed by atoms with van der Waals surface area (Å²) in [5.41, 5.74) is 1.02. The molecule has 1 rings (SSSR count). The zero-order valence-electron chi connectivity index (χ0n) is 10.8. The SMILES string of the molecule is CCOc1cc(CNC(C)C)c(Cl)cc1OC. The van der Waals surface area contributed by atoms with Gasteiger partial charge in [0, 0.05) is 23.7 Å². The Hall–Kier alpha value is -0.930. The van der Waals surface area contributed by atoms with E-state index in [1.807, 2.05) is 13.0 Å². The first-order valence-corrected chi connectivity index (χ1v) is 6.18. The molecule has 0 amide bonds. The van der Waals surface area contributed by atoms with Crippen LogP contribution < -0.4 is 14.8 Å². The summed E-state index contributed by atoms with van der Waals surface area (Å²) < 4.78 is 10.7. The highest BCUT2D eigenvalue weighted by molar-refractivity contribution is 6.31. The van der Waals surface area contributed by atoms with Crippen molar-refractivity contribution >= 4 is 11.6 Å². The smallest absolute Gasteiger partial charge is 0.162 e. The first kappa shape index (κ1) is 14.1. The van der Waals surface area contributed by atoms with Crippen LogP contribution in [0.4, 0.5) is 0 Å². The van der Waals surface area contributed by atoms with Crippen LogP contribution in [0.1, 0.15) is 26.3 Å². The number of rotatable bonds is 6. The van der Waals surface area contributed by atoms with Crippen molar-refractivity contribution < 1.29 is 9.47 Å². The van der Waals surface area contributed by atoms with Crippen molar-refractivity contribution in [2.75, 3.05) is 13.7 Å². The molecule has 0 saturated heterocycles. The molecule has 17 heavy (non-hydrogen) atoms. The van der Waals surface area contributed by atoms with E-state index < -0.39 is 0 Å². The number of hydrogen-bond acceptors (Lipinski definition) is 3. The van der Waals surface area contributed by atoms with E-state index >= 15 is 0 Å². The van der Waals surface area contributed by atoms with E-state index in [1.165, 1.54) is 0 Å².